The quantitative estimate of drug-likeness (QED) is 0.936. The highest BCUT2D eigenvalue weighted by molar-refractivity contribution is 7.04. The largest absolute Gasteiger partial charge is 0.471 e. The number of nitrogens with two attached hydrogens (primary N) is 1. The summed E-state index contributed by atoms with van der Waals surface area (Å²) >= 11 is 1.07. The summed E-state index contributed by atoms with van der Waals surface area (Å²) in [5.41, 5.74) is 7.50. The van der Waals surface area contributed by atoms with Crippen LogP contribution < -0.4 is 10.5 Å². The zero-order valence-electron chi connectivity index (χ0n) is 10.6. The van der Waals surface area contributed by atoms with Crippen LogP contribution in [-0.2, 0) is 6.61 Å². The van der Waals surface area contributed by atoms with Crippen LogP contribution in [0.4, 0.5) is 4.39 Å². The first-order valence-electron chi connectivity index (χ1n) is 5.61. The highest BCUT2D eigenvalue weighted by Gasteiger charge is 2.14. The molecule has 0 aliphatic rings. The number of aromatic nitrogens is 1. The second kappa shape index (κ2) is 5.36. The molecular weight excluding hydrogens is 267 g/mol. The summed E-state index contributed by atoms with van der Waals surface area (Å²) < 4.78 is 23.1. The number of benzene rings is 1. The van der Waals surface area contributed by atoms with Crippen LogP contribution in [0.3, 0.4) is 0 Å². The van der Waals surface area contributed by atoms with Gasteiger partial charge in [-0.1, -0.05) is 6.07 Å². The van der Waals surface area contributed by atoms with Gasteiger partial charge in [0.05, 0.1) is 0 Å². The van der Waals surface area contributed by atoms with E-state index >= 15 is 0 Å². The Kier molecular flexibility index (Phi) is 3.80. The fraction of sp³-hybridized carbons (Fsp3) is 0.231. The Morgan fingerprint density at radius 3 is 2.84 bits per heavy atom. The molecule has 0 spiro atoms. The molecule has 0 saturated heterocycles. The van der Waals surface area contributed by atoms with Crippen LogP contribution in [0, 0.1) is 19.7 Å². The number of hydrogen-bond acceptors (Lipinski definition) is 4. The van der Waals surface area contributed by atoms with Crippen LogP contribution in [0.25, 0.3) is 0 Å². The lowest BCUT2D eigenvalue weighted by Gasteiger charge is -2.09. The van der Waals surface area contributed by atoms with E-state index < -0.39 is 5.91 Å². The van der Waals surface area contributed by atoms with E-state index in [4.69, 9.17) is 10.5 Å². The monoisotopic (exact) mass is 280 g/mol. The average Bonchev–Trinajstić information content (AvgIpc) is 2.75. The fourth-order valence-corrected chi connectivity index (χ4v) is 2.38. The van der Waals surface area contributed by atoms with Gasteiger partial charge in [-0.15, -0.1) is 0 Å². The van der Waals surface area contributed by atoms with Crippen LogP contribution in [0.5, 0.6) is 5.88 Å². The molecule has 100 valence electrons. The smallest absolute Gasteiger partial charge is 0.255 e. The topological polar surface area (TPSA) is 65.2 Å². The van der Waals surface area contributed by atoms with Crippen LogP contribution in [0.15, 0.2) is 17.5 Å². The number of rotatable bonds is 4. The maximum Gasteiger partial charge on any atom is 0.255 e. The van der Waals surface area contributed by atoms with E-state index in [0.29, 0.717) is 5.56 Å². The van der Waals surface area contributed by atoms with Crippen LogP contribution in [-0.4, -0.2) is 10.3 Å². The molecule has 2 rings (SSSR count). The van der Waals surface area contributed by atoms with Gasteiger partial charge in [0, 0.05) is 10.9 Å². The Bertz CT molecular complexity index is 602. The molecule has 2 N–H and O–H groups in total. The third kappa shape index (κ3) is 2.90. The normalized spacial score (nSPS) is 10.5. The number of nitrogens with zero attached hydrogens (tertiary/aromatic N) is 1. The molecule has 0 saturated carbocycles. The van der Waals surface area contributed by atoms with Gasteiger partial charge in [0.2, 0.25) is 5.88 Å². The first-order valence-corrected chi connectivity index (χ1v) is 6.45. The van der Waals surface area contributed by atoms with E-state index in [0.717, 1.165) is 22.7 Å². The van der Waals surface area contributed by atoms with Gasteiger partial charge in [-0.25, -0.2) is 4.39 Å². The van der Waals surface area contributed by atoms with Gasteiger partial charge in [-0.3, -0.25) is 4.79 Å². The summed E-state index contributed by atoms with van der Waals surface area (Å²) in [6, 6.07) is 3.32. The summed E-state index contributed by atoms with van der Waals surface area (Å²) in [5.74, 6) is -0.782. The van der Waals surface area contributed by atoms with E-state index in [1.807, 2.05) is 19.9 Å². The fourth-order valence-electron chi connectivity index (χ4n) is 1.76. The van der Waals surface area contributed by atoms with Crippen molar-refractivity contribution in [2.24, 2.45) is 5.73 Å². The number of ether oxygens (including phenoxy) is 1. The van der Waals surface area contributed by atoms with Crippen molar-refractivity contribution >= 4 is 17.4 Å². The number of primary amides is 1. The summed E-state index contributed by atoms with van der Waals surface area (Å²) in [6.07, 6.45) is 0. The van der Waals surface area contributed by atoms with E-state index in [1.165, 1.54) is 11.4 Å². The molecule has 0 aliphatic heterocycles. The van der Waals surface area contributed by atoms with Crippen LogP contribution in [0.2, 0.25) is 0 Å². The van der Waals surface area contributed by atoms with Gasteiger partial charge in [0.15, 0.2) is 0 Å². The van der Waals surface area contributed by atoms with Crippen molar-refractivity contribution in [1.82, 2.24) is 4.37 Å². The summed E-state index contributed by atoms with van der Waals surface area (Å²) in [6.45, 7) is 3.65. The van der Waals surface area contributed by atoms with Gasteiger partial charge in [-0.2, -0.15) is 4.37 Å². The molecule has 1 heterocycles. The maximum atomic E-state index is 13.8. The lowest BCUT2D eigenvalue weighted by atomic mass is 10.1. The van der Waals surface area contributed by atoms with Crippen LogP contribution >= 0.6 is 11.5 Å². The Morgan fingerprint density at radius 1 is 1.47 bits per heavy atom. The summed E-state index contributed by atoms with van der Waals surface area (Å²) in [5, 5.41) is 1.51. The first-order chi connectivity index (χ1) is 8.99. The number of aryl methyl sites for hydroxylation is 2. The molecule has 4 nitrogen and oxygen atoms in total. The minimum atomic E-state index is -0.607. The SMILES string of the molecule is Cc1cc(C)c(COc2nscc2C(N)=O)c(F)c1. The molecule has 0 aliphatic carbocycles. The molecule has 19 heavy (non-hydrogen) atoms. The predicted octanol–water partition coefficient (Wildman–Crippen LogP) is 2.58. The second-order valence-electron chi connectivity index (χ2n) is 4.23. The molecule has 2 aromatic rings. The molecular formula is C13H13FN2O2S. The molecule has 1 aromatic heterocycles. The van der Waals surface area contributed by atoms with E-state index in [9.17, 15) is 9.18 Å². The lowest BCUT2D eigenvalue weighted by Crippen LogP contribution is -2.12. The zero-order chi connectivity index (χ0) is 14.0. The van der Waals surface area contributed by atoms with Crippen molar-refractivity contribution in [2.45, 2.75) is 20.5 Å². The minimum absolute atomic E-state index is 0.0158. The molecule has 6 heteroatoms. The molecule has 1 amide bonds. The standard InChI is InChI=1S/C13H13FN2O2S/c1-7-3-8(2)9(11(14)4-7)5-18-13-10(12(15)17)6-19-16-13/h3-4,6H,5H2,1-2H3,(H2,15,17). The van der Waals surface area contributed by atoms with Crippen molar-refractivity contribution in [2.75, 3.05) is 0 Å². The van der Waals surface area contributed by atoms with Gasteiger partial charge < -0.3 is 10.5 Å². The summed E-state index contributed by atoms with van der Waals surface area (Å²) in [7, 11) is 0. The number of carbonyl (C=O) groups is 1. The predicted molar refractivity (Wildman–Crippen MR) is 70.8 cm³/mol. The van der Waals surface area contributed by atoms with Gasteiger partial charge in [-0.05, 0) is 42.6 Å². The van der Waals surface area contributed by atoms with E-state index in [-0.39, 0.29) is 23.9 Å². The molecule has 0 atom stereocenters. The molecule has 0 unspecified atom stereocenters. The zero-order valence-corrected chi connectivity index (χ0v) is 11.4. The van der Waals surface area contributed by atoms with Gasteiger partial charge >= 0.3 is 0 Å². The van der Waals surface area contributed by atoms with Crippen LogP contribution in [0.1, 0.15) is 27.0 Å². The highest BCUT2D eigenvalue weighted by atomic mass is 32.1. The molecule has 1 aromatic carbocycles. The van der Waals surface area contributed by atoms with Crippen molar-refractivity contribution in [3.05, 3.63) is 45.6 Å². The summed E-state index contributed by atoms with van der Waals surface area (Å²) in [4.78, 5) is 11.1. The number of carbonyl (C=O) groups excluding carboxylic acids is 1. The number of amides is 1. The third-order valence-electron chi connectivity index (χ3n) is 2.72. The number of halogens is 1. The highest BCUT2D eigenvalue weighted by Crippen LogP contribution is 2.22. The van der Waals surface area contributed by atoms with Gasteiger partial charge in [0.1, 0.15) is 18.0 Å². The van der Waals surface area contributed by atoms with Crippen molar-refractivity contribution in [3.8, 4) is 5.88 Å². The number of hydrogen-bond donors (Lipinski definition) is 1. The Hall–Kier alpha value is -1.95. The average molecular weight is 280 g/mol. The minimum Gasteiger partial charge on any atom is -0.471 e. The van der Waals surface area contributed by atoms with E-state index in [1.54, 1.807) is 0 Å². The Labute approximate surface area is 114 Å². The van der Waals surface area contributed by atoms with Crippen molar-refractivity contribution < 1.29 is 13.9 Å². The van der Waals surface area contributed by atoms with Crippen molar-refractivity contribution in [3.63, 3.8) is 0 Å². The Balaban J connectivity index is 2.19. The molecule has 0 bridgehead atoms. The molecule has 0 fully saturated rings. The molecule has 0 radical (unpaired) electrons. The lowest BCUT2D eigenvalue weighted by molar-refractivity contribution is 0.0996. The second-order valence-corrected chi connectivity index (χ2v) is 4.86. The maximum absolute atomic E-state index is 13.8. The first kappa shape index (κ1) is 13.5. The van der Waals surface area contributed by atoms with Gasteiger partial charge in [0.25, 0.3) is 5.91 Å². The van der Waals surface area contributed by atoms with Crippen molar-refractivity contribution in [1.29, 1.82) is 0 Å². The van der Waals surface area contributed by atoms with E-state index in [2.05, 4.69) is 4.37 Å². The third-order valence-corrected chi connectivity index (χ3v) is 3.33. The Morgan fingerprint density at radius 2 is 2.21 bits per heavy atom.